The SMILES string of the molecule is CC1C=[N+]([O-])[C@@H]2C[C@H]1CC[C@@]2(C)[Se]c1ccccc1. The molecule has 0 radical (unpaired) electrons. The van der Waals surface area contributed by atoms with Gasteiger partial charge >= 0.3 is 121 Å². The molecule has 1 unspecified atom stereocenters. The molecule has 1 aromatic carbocycles. The number of fused-ring (bicyclic) bond motifs is 2. The first-order chi connectivity index (χ1) is 9.08. The third-order valence-electron chi connectivity index (χ3n) is 4.77. The van der Waals surface area contributed by atoms with Crippen LogP contribution in [0.3, 0.4) is 0 Å². The molecule has 1 aliphatic carbocycles. The Bertz CT molecular complexity index is 487. The zero-order valence-electron chi connectivity index (χ0n) is 11.6. The molecule has 1 saturated carbocycles. The Labute approximate surface area is 121 Å². The van der Waals surface area contributed by atoms with Crippen LogP contribution in [0.1, 0.15) is 33.1 Å². The molecular formula is C16H21NOSe. The normalized spacial score (nSPS) is 37.8. The molecule has 1 aliphatic heterocycles. The third kappa shape index (κ3) is 2.46. The molecule has 0 N–H and O–H groups in total. The third-order valence-corrected chi connectivity index (χ3v) is 7.81. The minimum absolute atomic E-state index is 0.184. The van der Waals surface area contributed by atoms with Gasteiger partial charge in [0.25, 0.3) is 0 Å². The van der Waals surface area contributed by atoms with Gasteiger partial charge in [-0.1, -0.05) is 0 Å². The summed E-state index contributed by atoms with van der Waals surface area (Å²) in [6.07, 6.45) is 5.50. The number of hydrogen-bond acceptors (Lipinski definition) is 1. The first kappa shape index (κ1) is 13.2. The summed E-state index contributed by atoms with van der Waals surface area (Å²) in [6.45, 7) is 4.52. The van der Waals surface area contributed by atoms with Crippen molar-refractivity contribution in [1.82, 2.24) is 0 Å². The van der Waals surface area contributed by atoms with E-state index in [0.29, 0.717) is 20.9 Å². The van der Waals surface area contributed by atoms with Crippen LogP contribution in [-0.4, -0.2) is 32.0 Å². The van der Waals surface area contributed by atoms with Crippen LogP contribution in [0.15, 0.2) is 30.3 Å². The molecule has 1 heterocycles. The van der Waals surface area contributed by atoms with Gasteiger partial charge in [0.05, 0.1) is 0 Å². The topological polar surface area (TPSA) is 26.1 Å². The van der Waals surface area contributed by atoms with E-state index in [1.807, 2.05) is 6.21 Å². The van der Waals surface area contributed by atoms with Crippen LogP contribution in [0.5, 0.6) is 0 Å². The van der Waals surface area contributed by atoms with Crippen molar-refractivity contribution >= 4 is 25.6 Å². The Hall–Kier alpha value is -0.791. The average Bonchev–Trinajstić information content (AvgIpc) is 2.39. The molecule has 4 atom stereocenters. The van der Waals surface area contributed by atoms with Gasteiger partial charge in [-0.15, -0.1) is 0 Å². The van der Waals surface area contributed by atoms with Crippen molar-refractivity contribution in [2.75, 3.05) is 0 Å². The molecule has 19 heavy (non-hydrogen) atoms. The Morgan fingerprint density at radius 1 is 1.32 bits per heavy atom. The summed E-state index contributed by atoms with van der Waals surface area (Å²) in [5.41, 5.74) is 0. The minimum atomic E-state index is 0.184. The second-order valence-corrected chi connectivity index (χ2v) is 9.52. The first-order valence-electron chi connectivity index (χ1n) is 7.13. The van der Waals surface area contributed by atoms with Gasteiger partial charge in [-0.2, -0.15) is 0 Å². The summed E-state index contributed by atoms with van der Waals surface area (Å²) in [6, 6.07) is 10.9. The van der Waals surface area contributed by atoms with Gasteiger partial charge in [0.2, 0.25) is 0 Å². The zero-order chi connectivity index (χ0) is 13.5. The average molecular weight is 322 g/mol. The van der Waals surface area contributed by atoms with E-state index in [0.717, 1.165) is 12.3 Å². The van der Waals surface area contributed by atoms with E-state index in [-0.39, 0.29) is 10.4 Å². The molecular weight excluding hydrogens is 301 g/mol. The van der Waals surface area contributed by atoms with E-state index in [2.05, 4.69) is 44.2 Å². The summed E-state index contributed by atoms with van der Waals surface area (Å²) >= 11 is 0.376. The fraction of sp³-hybridized carbons (Fsp3) is 0.562. The van der Waals surface area contributed by atoms with Gasteiger partial charge in [0.15, 0.2) is 0 Å². The predicted molar refractivity (Wildman–Crippen MR) is 80.2 cm³/mol. The van der Waals surface area contributed by atoms with Crippen LogP contribution < -0.4 is 4.46 Å². The van der Waals surface area contributed by atoms with E-state index in [9.17, 15) is 5.21 Å². The van der Waals surface area contributed by atoms with Gasteiger partial charge in [-0.05, 0) is 0 Å². The van der Waals surface area contributed by atoms with E-state index in [4.69, 9.17) is 0 Å². The number of hydroxylamine groups is 1. The van der Waals surface area contributed by atoms with Crippen molar-refractivity contribution in [3.63, 3.8) is 0 Å². The molecule has 2 nitrogen and oxygen atoms in total. The monoisotopic (exact) mass is 323 g/mol. The first-order valence-corrected chi connectivity index (χ1v) is 8.84. The second kappa shape index (κ2) is 4.95. The van der Waals surface area contributed by atoms with Crippen LogP contribution in [0.2, 0.25) is 4.31 Å². The summed E-state index contributed by atoms with van der Waals surface area (Å²) < 4.78 is 2.89. The quantitative estimate of drug-likeness (QED) is 0.467. The van der Waals surface area contributed by atoms with Gasteiger partial charge in [0.1, 0.15) is 0 Å². The molecule has 0 spiro atoms. The molecule has 2 bridgehead atoms. The second-order valence-electron chi connectivity index (χ2n) is 6.15. The molecule has 2 aliphatic rings. The van der Waals surface area contributed by atoms with Crippen molar-refractivity contribution in [2.45, 2.75) is 43.5 Å². The Morgan fingerprint density at radius 2 is 2.05 bits per heavy atom. The van der Waals surface area contributed by atoms with Crippen LogP contribution in [0.4, 0.5) is 0 Å². The van der Waals surface area contributed by atoms with Crippen molar-refractivity contribution in [2.24, 2.45) is 11.8 Å². The summed E-state index contributed by atoms with van der Waals surface area (Å²) in [5.74, 6) is 1.19. The van der Waals surface area contributed by atoms with E-state index in [1.54, 1.807) is 0 Å². The Kier molecular flexibility index (Phi) is 3.44. The van der Waals surface area contributed by atoms with E-state index < -0.39 is 0 Å². The van der Waals surface area contributed by atoms with Gasteiger partial charge in [-0.25, -0.2) is 0 Å². The van der Waals surface area contributed by atoms with Crippen molar-refractivity contribution in [1.29, 1.82) is 0 Å². The molecule has 1 fully saturated rings. The maximum atomic E-state index is 12.3. The zero-order valence-corrected chi connectivity index (χ0v) is 13.3. The molecule has 102 valence electrons. The molecule has 3 heteroatoms. The number of benzene rings is 1. The maximum absolute atomic E-state index is 12.3. The standard InChI is InChI=1S/C16H21NOSe/c1-12-11-17(18)15-10-13(12)8-9-16(15,2)19-14-6-4-3-5-7-14/h3-7,11-13,15H,8-10H2,1-2H3/t12?,13-,15-,16-/m1/s1. The van der Waals surface area contributed by atoms with Gasteiger partial charge < -0.3 is 0 Å². The fourth-order valence-corrected chi connectivity index (χ4v) is 6.39. The molecule has 0 amide bonds. The van der Waals surface area contributed by atoms with Crippen LogP contribution >= 0.6 is 0 Å². The number of nitrogens with zero attached hydrogens (tertiary/aromatic N) is 1. The summed E-state index contributed by atoms with van der Waals surface area (Å²) in [5, 5.41) is 12.3. The van der Waals surface area contributed by atoms with Gasteiger partial charge in [-0.3, -0.25) is 0 Å². The molecule has 0 saturated heterocycles. The van der Waals surface area contributed by atoms with Crippen molar-refractivity contribution in [3.05, 3.63) is 35.5 Å². The molecule has 1 aromatic rings. The van der Waals surface area contributed by atoms with Crippen molar-refractivity contribution < 1.29 is 4.74 Å². The van der Waals surface area contributed by atoms with Crippen molar-refractivity contribution in [3.8, 4) is 0 Å². The number of rotatable bonds is 2. The fourth-order valence-electron chi connectivity index (χ4n) is 3.48. The number of hydrogen-bond donors (Lipinski definition) is 0. The molecule has 3 rings (SSSR count). The summed E-state index contributed by atoms with van der Waals surface area (Å²) in [7, 11) is 0. The predicted octanol–water partition coefficient (Wildman–Crippen LogP) is 2.59. The van der Waals surface area contributed by atoms with Gasteiger partial charge in [0, 0.05) is 0 Å². The van der Waals surface area contributed by atoms with Crippen LogP contribution in [0.25, 0.3) is 0 Å². The van der Waals surface area contributed by atoms with E-state index in [1.165, 1.54) is 22.0 Å². The molecule has 0 aromatic heterocycles. The van der Waals surface area contributed by atoms with Crippen LogP contribution in [-0.2, 0) is 0 Å². The van der Waals surface area contributed by atoms with Crippen LogP contribution in [0, 0.1) is 17.0 Å². The summed E-state index contributed by atoms with van der Waals surface area (Å²) in [4.78, 5) is 0. The van der Waals surface area contributed by atoms with E-state index >= 15 is 0 Å². The Morgan fingerprint density at radius 3 is 2.79 bits per heavy atom. The Balaban J connectivity index is 1.86.